The fraction of sp³-hybridized carbons (Fsp3) is 0.467. The molecular formula is C15H21N3OS. The first-order chi connectivity index (χ1) is 9.49. The number of anilines is 1. The largest absolute Gasteiger partial charge is 0.380 e. The highest BCUT2D eigenvalue weighted by atomic mass is 32.1. The number of methoxy groups -OCH3 is 1. The molecule has 0 saturated heterocycles. The molecule has 0 unspecified atom stereocenters. The van der Waals surface area contributed by atoms with Crippen LogP contribution in [0, 0.1) is 0 Å². The molecule has 0 radical (unpaired) electrons. The van der Waals surface area contributed by atoms with Gasteiger partial charge in [0.2, 0.25) is 5.13 Å². The van der Waals surface area contributed by atoms with Crippen LogP contribution in [0.15, 0.2) is 24.3 Å². The van der Waals surface area contributed by atoms with Crippen LogP contribution in [0.25, 0.3) is 0 Å². The highest BCUT2D eigenvalue weighted by Crippen LogP contribution is 2.23. The Balaban J connectivity index is 1.98. The smallest absolute Gasteiger partial charge is 0.202 e. The Morgan fingerprint density at radius 3 is 2.65 bits per heavy atom. The minimum atomic E-state index is -0.00515. The Bertz CT molecular complexity index is 560. The lowest BCUT2D eigenvalue weighted by Crippen LogP contribution is -2.13. The van der Waals surface area contributed by atoms with Gasteiger partial charge < -0.3 is 10.1 Å². The molecular weight excluding hydrogens is 270 g/mol. The topological polar surface area (TPSA) is 47.0 Å². The maximum atomic E-state index is 5.15. The quantitative estimate of drug-likeness (QED) is 0.914. The molecule has 0 aliphatic heterocycles. The van der Waals surface area contributed by atoms with E-state index in [1.54, 1.807) is 7.11 Å². The zero-order chi connectivity index (χ0) is 14.6. The molecule has 0 saturated carbocycles. The molecule has 2 aromatic rings. The van der Waals surface area contributed by atoms with Crippen molar-refractivity contribution in [3.05, 3.63) is 41.2 Å². The van der Waals surface area contributed by atoms with Crippen molar-refractivity contribution in [2.24, 2.45) is 0 Å². The van der Waals surface area contributed by atoms with E-state index in [1.165, 1.54) is 22.7 Å². The molecule has 0 atom stereocenters. The van der Waals surface area contributed by atoms with Gasteiger partial charge in [0.25, 0.3) is 0 Å². The summed E-state index contributed by atoms with van der Waals surface area (Å²) in [4.78, 5) is 4.53. The van der Waals surface area contributed by atoms with E-state index in [1.807, 2.05) is 6.07 Å². The van der Waals surface area contributed by atoms with Crippen molar-refractivity contribution in [1.29, 1.82) is 0 Å². The second kappa shape index (κ2) is 6.33. The molecule has 0 bridgehead atoms. The van der Waals surface area contributed by atoms with Crippen LogP contribution in [0.2, 0.25) is 0 Å². The normalized spacial score (nSPS) is 11.6. The summed E-state index contributed by atoms with van der Waals surface area (Å²) >= 11 is 1.41. The summed E-state index contributed by atoms with van der Waals surface area (Å²) in [6.07, 6.45) is 0. The van der Waals surface area contributed by atoms with Gasteiger partial charge in [-0.25, -0.2) is 4.98 Å². The first kappa shape index (κ1) is 14.9. The van der Waals surface area contributed by atoms with E-state index in [0.29, 0.717) is 6.61 Å². The standard InChI is InChI=1S/C15H21N3OS/c1-15(2,3)13-17-14(20-18-13)16-9-11-6-5-7-12(8-11)10-19-4/h5-8H,9-10H2,1-4H3,(H,16,17,18). The molecule has 1 aromatic carbocycles. The second-order valence-corrected chi connectivity index (χ2v) is 6.53. The van der Waals surface area contributed by atoms with E-state index < -0.39 is 0 Å². The van der Waals surface area contributed by atoms with E-state index in [2.05, 4.69) is 53.6 Å². The lowest BCUT2D eigenvalue weighted by Gasteiger charge is -2.12. The number of nitrogens with one attached hydrogen (secondary N) is 1. The SMILES string of the molecule is COCc1cccc(CNc2nc(C(C)(C)C)ns2)c1. The Morgan fingerprint density at radius 2 is 2.00 bits per heavy atom. The Morgan fingerprint density at radius 1 is 1.25 bits per heavy atom. The number of nitrogens with zero attached hydrogens (tertiary/aromatic N) is 2. The van der Waals surface area contributed by atoms with Gasteiger partial charge in [-0.3, -0.25) is 0 Å². The molecule has 108 valence electrons. The van der Waals surface area contributed by atoms with E-state index in [0.717, 1.165) is 17.5 Å². The van der Waals surface area contributed by atoms with Gasteiger partial charge in [0.15, 0.2) is 0 Å². The lowest BCUT2D eigenvalue weighted by atomic mass is 9.96. The number of ether oxygens (including phenoxy) is 1. The van der Waals surface area contributed by atoms with Crippen molar-refractivity contribution in [3.8, 4) is 0 Å². The lowest BCUT2D eigenvalue weighted by molar-refractivity contribution is 0.185. The summed E-state index contributed by atoms with van der Waals surface area (Å²) in [6.45, 7) is 7.74. The van der Waals surface area contributed by atoms with Gasteiger partial charge in [0.05, 0.1) is 6.61 Å². The van der Waals surface area contributed by atoms with Crippen LogP contribution >= 0.6 is 11.5 Å². The number of benzene rings is 1. The molecule has 0 aliphatic carbocycles. The number of rotatable bonds is 5. The monoisotopic (exact) mass is 291 g/mol. The minimum absolute atomic E-state index is 0.00515. The van der Waals surface area contributed by atoms with Crippen LogP contribution in [0.5, 0.6) is 0 Å². The number of hydrogen-bond donors (Lipinski definition) is 1. The number of hydrogen-bond acceptors (Lipinski definition) is 5. The molecule has 20 heavy (non-hydrogen) atoms. The fourth-order valence-corrected chi connectivity index (χ4v) is 2.53. The molecule has 2 rings (SSSR count). The average Bonchev–Trinajstić information content (AvgIpc) is 2.86. The van der Waals surface area contributed by atoms with Crippen molar-refractivity contribution in [1.82, 2.24) is 9.36 Å². The molecule has 1 N–H and O–H groups in total. The van der Waals surface area contributed by atoms with Crippen LogP contribution in [0.4, 0.5) is 5.13 Å². The summed E-state index contributed by atoms with van der Waals surface area (Å²) in [5.74, 6) is 0.887. The predicted molar refractivity (Wildman–Crippen MR) is 83.1 cm³/mol. The zero-order valence-electron chi connectivity index (χ0n) is 12.4. The Hall–Kier alpha value is -1.46. The third-order valence-corrected chi connectivity index (χ3v) is 3.52. The van der Waals surface area contributed by atoms with E-state index in [9.17, 15) is 0 Å². The van der Waals surface area contributed by atoms with Crippen molar-refractivity contribution in [3.63, 3.8) is 0 Å². The van der Waals surface area contributed by atoms with Gasteiger partial charge in [-0.1, -0.05) is 45.0 Å². The summed E-state index contributed by atoms with van der Waals surface area (Å²) in [5, 5.41) is 4.19. The molecule has 5 heteroatoms. The maximum Gasteiger partial charge on any atom is 0.202 e. The first-order valence-electron chi connectivity index (χ1n) is 6.64. The summed E-state index contributed by atoms with van der Waals surface area (Å²) in [6, 6.07) is 8.35. The molecule has 1 aromatic heterocycles. The molecule has 0 spiro atoms. The van der Waals surface area contributed by atoms with Gasteiger partial charge in [0.1, 0.15) is 5.82 Å². The minimum Gasteiger partial charge on any atom is -0.380 e. The van der Waals surface area contributed by atoms with Crippen LogP contribution in [-0.4, -0.2) is 16.5 Å². The second-order valence-electron chi connectivity index (χ2n) is 5.78. The van der Waals surface area contributed by atoms with E-state index in [-0.39, 0.29) is 5.41 Å². The zero-order valence-corrected chi connectivity index (χ0v) is 13.3. The average molecular weight is 291 g/mol. The summed E-state index contributed by atoms with van der Waals surface area (Å²) < 4.78 is 9.54. The van der Waals surface area contributed by atoms with Crippen LogP contribution < -0.4 is 5.32 Å². The third kappa shape index (κ3) is 4.02. The third-order valence-electron chi connectivity index (χ3n) is 2.84. The highest BCUT2D eigenvalue weighted by Gasteiger charge is 2.19. The molecule has 0 aliphatic rings. The summed E-state index contributed by atoms with van der Waals surface area (Å²) in [7, 11) is 1.71. The fourth-order valence-electron chi connectivity index (χ4n) is 1.77. The molecule has 0 fully saturated rings. The molecule has 0 amide bonds. The van der Waals surface area contributed by atoms with Gasteiger partial charge in [-0.05, 0) is 11.1 Å². The van der Waals surface area contributed by atoms with Crippen molar-refractivity contribution in [2.75, 3.05) is 12.4 Å². The first-order valence-corrected chi connectivity index (χ1v) is 7.41. The van der Waals surface area contributed by atoms with Crippen LogP contribution in [0.1, 0.15) is 37.7 Å². The Kier molecular flexibility index (Phi) is 4.73. The van der Waals surface area contributed by atoms with Crippen LogP contribution in [0.3, 0.4) is 0 Å². The van der Waals surface area contributed by atoms with Crippen molar-refractivity contribution >= 4 is 16.7 Å². The highest BCUT2D eigenvalue weighted by molar-refractivity contribution is 7.09. The van der Waals surface area contributed by atoms with Crippen molar-refractivity contribution < 1.29 is 4.74 Å². The van der Waals surface area contributed by atoms with E-state index >= 15 is 0 Å². The van der Waals surface area contributed by atoms with Gasteiger partial charge >= 0.3 is 0 Å². The van der Waals surface area contributed by atoms with Gasteiger partial charge in [0, 0.05) is 30.6 Å². The van der Waals surface area contributed by atoms with Gasteiger partial charge in [-0.15, -0.1) is 0 Å². The molecule has 1 heterocycles. The molecule has 4 nitrogen and oxygen atoms in total. The van der Waals surface area contributed by atoms with Crippen LogP contribution in [-0.2, 0) is 23.3 Å². The predicted octanol–water partition coefficient (Wildman–Crippen LogP) is 3.59. The number of aromatic nitrogens is 2. The summed E-state index contributed by atoms with van der Waals surface area (Å²) in [5.41, 5.74) is 2.39. The van der Waals surface area contributed by atoms with Crippen molar-refractivity contribution in [2.45, 2.75) is 39.3 Å². The maximum absolute atomic E-state index is 5.15. The van der Waals surface area contributed by atoms with Gasteiger partial charge in [-0.2, -0.15) is 4.37 Å². The van der Waals surface area contributed by atoms with E-state index in [4.69, 9.17) is 4.74 Å². The Labute approximate surface area is 124 Å².